The van der Waals surface area contributed by atoms with Crippen LogP contribution in [0.15, 0.2) is 18.2 Å². The summed E-state index contributed by atoms with van der Waals surface area (Å²) in [4.78, 5) is 0. The molecule has 0 aliphatic carbocycles. The van der Waals surface area contributed by atoms with E-state index in [-0.39, 0.29) is 5.82 Å². The smallest absolute Gasteiger partial charge is 0.127 e. The van der Waals surface area contributed by atoms with Crippen molar-refractivity contribution in [1.29, 1.82) is 0 Å². The molecule has 0 fully saturated rings. The lowest BCUT2D eigenvalue weighted by molar-refractivity contribution is 0.407. The minimum absolute atomic E-state index is 0.344. The van der Waals surface area contributed by atoms with Crippen molar-refractivity contribution < 1.29 is 9.13 Å². The van der Waals surface area contributed by atoms with Crippen LogP contribution in [0.3, 0.4) is 0 Å². The lowest BCUT2D eigenvalue weighted by Gasteiger charge is -2.11. The van der Waals surface area contributed by atoms with E-state index in [2.05, 4.69) is 5.10 Å². The molecule has 5 heteroatoms. The van der Waals surface area contributed by atoms with Crippen LogP contribution in [-0.2, 0) is 13.5 Å². The fourth-order valence-electron chi connectivity index (χ4n) is 2.00. The topological polar surface area (TPSA) is 53.1 Å². The number of ether oxygens (including phenoxy) is 1. The molecule has 0 amide bonds. The van der Waals surface area contributed by atoms with Crippen LogP contribution in [0, 0.1) is 5.82 Å². The van der Waals surface area contributed by atoms with Gasteiger partial charge in [-0.05, 0) is 12.5 Å². The van der Waals surface area contributed by atoms with E-state index in [0.29, 0.717) is 17.3 Å². The Kier molecular flexibility index (Phi) is 3.23. The summed E-state index contributed by atoms with van der Waals surface area (Å²) in [6.07, 6.45) is 0.731. The maximum atomic E-state index is 13.6. The number of aryl methyl sites for hydroxylation is 1. The number of aromatic nitrogens is 2. The van der Waals surface area contributed by atoms with Crippen molar-refractivity contribution in [3.05, 3.63) is 29.6 Å². The van der Waals surface area contributed by atoms with Crippen molar-refractivity contribution in [2.75, 3.05) is 12.8 Å². The average Bonchev–Trinajstić information content (AvgIpc) is 2.68. The molecule has 2 rings (SSSR count). The first kappa shape index (κ1) is 12.4. The Hall–Kier alpha value is -2.04. The molecule has 0 unspecified atom stereocenters. The predicted octanol–water partition coefficient (Wildman–Crippen LogP) is 2.38. The molecule has 0 aliphatic heterocycles. The molecule has 0 saturated heterocycles. The zero-order chi connectivity index (χ0) is 13.3. The van der Waals surface area contributed by atoms with Gasteiger partial charge in [0.15, 0.2) is 0 Å². The fourth-order valence-corrected chi connectivity index (χ4v) is 2.00. The number of halogens is 1. The van der Waals surface area contributed by atoms with Gasteiger partial charge in [0.25, 0.3) is 0 Å². The van der Waals surface area contributed by atoms with E-state index in [1.54, 1.807) is 17.8 Å². The Morgan fingerprint density at radius 1 is 1.39 bits per heavy atom. The summed E-state index contributed by atoms with van der Waals surface area (Å²) in [5, 5.41) is 4.28. The second kappa shape index (κ2) is 4.68. The third kappa shape index (κ3) is 2.03. The van der Waals surface area contributed by atoms with Crippen molar-refractivity contribution in [3.63, 3.8) is 0 Å². The van der Waals surface area contributed by atoms with Crippen LogP contribution >= 0.6 is 0 Å². The largest absolute Gasteiger partial charge is 0.496 e. The zero-order valence-electron chi connectivity index (χ0n) is 10.7. The summed E-state index contributed by atoms with van der Waals surface area (Å²) >= 11 is 0. The minimum atomic E-state index is -0.344. The molecule has 0 bridgehead atoms. The normalized spacial score (nSPS) is 10.7. The van der Waals surface area contributed by atoms with Gasteiger partial charge in [0.05, 0.1) is 12.8 Å². The summed E-state index contributed by atoms with van der Waals surface area (Å²) in [5.74, 6) is 0.732. The third-order valence-electron chi connectivity index (χ3n) is 2.94. The second-order valence-corrected chi connectivity index (χ2v) is 4.07. The molecular weight excluding hydrogens is 233 g/mol. The van der Waals surface area contributed by atoms with E-state index in [1.807, 2.05) is 6.92 Å². The lowest BCUT2D eigenvalue weighted by Crippen LogP contribution is -1.98. The Bertz CT molecular complexity index is 558. The van der Waals surface area contributed by atoms with Crippen LogP contribution in [0.5, 0.6) is 5.75 Å². The Labute approximate surface area is 105 Å². The molecular formula is C13H16FN3O. The lowest BCUT2D eigenvalue weighted by atomic mass is 10.0. The standard InChI is InChI=1S/C13H16FN3O/c1-4-9-10(5-8(14)6-12(9)18-3)11-7-13(15)17(2)16-11/h5-7H,4,15H2,1-3H3. The van der Waals surface area contributed by atoms with Crippen LogP contribution in [0.25, 0.3) is 11.3 Å². The minimum Gasteiger partial charge on any atom is -0.496 e. The number of nitrogen functional groups attached to an aromatic ring is 1. The summed E-state index contributed by atoms with van der Waals surface area (Å²) in [7, 11) is 3.28. The molecule has 4 nitrogen and oxygen atoms in total. The van der Waals surface area contributed by atoms with Crippen molar-refractivity contribution in [1.82, 2.24) is 9.78 Å². The van der Waals surface area contributed by atoms with Gasteiger partial charge in [-0.15, -0.1) is 0 Å². The number of anilines is 1. The van der Waals surface area contributed by atoms with E-state index >= 15 is 0 Å². The van der Waals surface area contributed by atoms with Crippen LogP contribution < -0.4 is 10.5 Å². The van der Waals surface area contributed by atoms with Crippen molar-refractivity contribution in [3.8, 4) is 17.0 Å². The van der Waals surface area contributed by atoms with Gasteiger partial charge in [-0.1, -0.05) is 6.92 Å². The van der Waals surface area contributed by atoms with Gasteiger partial charge in [0.2, 0.25) is 0 Å². The van der Waals surface area contributed by atoms with E-state index < -0.39 is 0 Å². The van der Waals surface area contributed by atoms with Gasteiger partial charge in [-0.2, -0.15) is 5.10 Å². The summed E-state index contributed by atoms with van der Waals surface area (Å²) in [6.45, 7) is 1.99. The molecule has 18 heavy (non-hydrogen) atoms. The van der Waals surface area contributed by atoms with Crippen LogP contribution in [0.2, 0.25) is 0 Å². The Balaban J connectivity index is 2.65. The molecule has 0 atom stereocenters. The monoisotopic (exact) mass is 249 g/mol. The van der Waals surface area contributed by atoms with Crippen molar-refractivity contribution in [2.24, 2.45) is 7.05 Å². The highest BCUT2D eigenvalue weighted by Crippen LogP contribution is 2.32. The number of rotatable bonds is 3. The van der Waals surface area contributed by atoms with Gasteiger partial charge in [-0.25, -0.2) is 4.39 Å². The molecule has 2 aromatic rings. The Morgan fingerprint density at radius 3 is 2.61 bits per heavy atom. The van der Waals surface area contributed by atoms with Crippen molar-refractivity contribution in [2.45, 2.75) is 13.3 Å². The highest BCUT2D eigenvalue weighted by atomic mass is 19.1. The zero-order valence-corrected chi connectivity index (χ0v) is 10.7. The van der Waals surface area contributed by atoms with Crippen LogP contribution in [-0.4, -0.2) is 16.9 Å². The molecule has 1 aromatic heterocycles. The predicted molar refractivity (Wildman–Crippen MR) is 68.9 cm³/mol. The summed E-state index contributed by atoms with van der Waals surface area (Å²) < 4.78 is 20.4. The first-order valence-corrected chi connectivity index (χ1v) is 5.73. The molecule has 96 valence electrons. The molecule has 0 spiro atoms. The number of nitrogens with two attached hydrogens (primary N) is 1. The summed E-state index contributed by atoms with van der Waals surface area (Å²) in [5.41, 5.74) is 8.06. The molecule has 2 N–H and O–H groups in total. The highest BCUT2D eigenvalue weighted by Gasteiger charge is 2.15. The number of benzene rings is 1. The maximum Gasteiger partial charge on any atom is 0.127 e. The number of hydrogen-bond acceptors (Lipinski definition) is 3. The van der Waals surface area contributed by atoms with Gasteiger partial charge in [0, 0.05) is 30.3 Å². The quantitative estimate of drug-likeness (QED) is 0.908. The number of methoxy groups -OCH3 is 1. The van der Waals surface area contributed by atoms with E-state index in [9.17, 15) is 4.39 Å². The summed E-state index contributed by atoms with van der Waals surface area (Å²) in [6, 6.07) is 4.57. The molecule has 0 aliphatic rings. The average molecular weight is 249 g/mol. The molecule has 0 saturated carbocycles. The van der Waals surface area contributed by atoms with Gasteiger partial charge < -0.3 is 10.5 Å². The highest BCUT2D eigenvalue weighted by molar-refractivity contribution is 5.69. The first-order chi connectivity index (χ1) is 8.56. The van der Waals surface area contributed by atoms with Gasteiger partial charge in [0.1, 0.15) is 17.4 Å². The SMILES string of the molecule is CCc1c(OC)cc(F)cc1-c1cc(N)n(C)n1. The Morgan fingerprint density at radius 2 is 2.11 bits per heavy atom. The number of hydrogen-bond donors (Lipinski definition) is 1. The van der Waals surface area contributed by atoms with E-state index in [0.717, 1.165) is 17.5 Å². The maximum absolute atomic E-state index is 13.6. The van der Waals surface area contributed by atoms with E-state index in [4.69, 9.17) is 10.5 Å². The van der Waals surface area contributed by atoms with Gasteiger partial charge in [-0.3, -0.25) is 4.68 Å². The van der Waals surface area contributed by atoms with Crippen LogP contribution in [0.1, 0.15) is 12.5 Å². The molecule has 0 radical (unpaired) electrons. The van der Waals surface area contributed by atoms with Crippen molar-refractivity contribution >= 4 is 5.82 Å². The molecule has 1 heterocycles. The number of nitrogens with zero attached hydrogens (tertiary/aromatic N) is 2. The first-order valence-electron chi connectivity index (χ1n) is 5.73. The third-order valence-corrected chi connectivity index (χ3v) is 2.94. The van der Waals surface area contributed by atoms with Crippen LogP contribution in [0.4, 0.5) is 10.2 Å². The van der Waals surface area contributed by atoms with Gasteiger partial charge >= 0.3 is 0 Å². The van der Waals surface area contributed by atoms with E-state index in [1.165, 1.54) is 19.2 Å². The molecule has 1 aromatic carbocycles. The fraction of sp³-hybridized carbons (Fsp3) is 0.308. The second-order valence-electron chi connectivity index (χ2n) is 4.07.